The molecule has 0 fully saturated rings. The standard InChI is InChI=1S/C36H27Cl2N5O4/c1-14(2)26-33-41-28-30(47-33)36-19-8-4-7-18(17-6-3-5-16-13-21(37)25(24(16)17)29-31(38)43-34(28)46-29)27(19)42-35(36)45-23-10-9-15(11-20(23)36)12-22(39)32(44)40-26/h3-11,14,22,26,35,42H,12-13,39H2,1-2H3,(H,40,44)/t22?,26-,35-,36?/m0/s1. The van der Waals surface area contributed by atoms with E-state index in [2.05, 4.69) is 47.0 Å². The van der Waals surface area contributed by atoms with Gasteiger partial charge < -0.3 is 29.9 Å². The molecule has 0 radical (unpaired) electrons. The Kier molecular flexibility index (Phi) is 5.44. The number of nitrogens with two attached hydrogens (primary N) is 1. The third kappa shape index (κ3) is 3.46. The fourth-order valence-electron chi connectivity index (χ4n) is 8.11. The average molecular weight is 665 g/mol. The number of hydrogen-bond acceptors (Lipinski definition) is 8. The van der Waals surface area contributed by atoms with Gasteiger partial charge in [0, 0.05) is 39.4 Å². The molecular formula is C36H27Cl2N5O4. The van der Waals surface area contributed by atoms with Gasteiger partial charge in [0.25, 0.3) is 5.89 Å². The van der Waals surface area contributed by atoms with Gasteiger partial charge in [0.15, 0.2) is 28.6 Å². The summed E-state index contributed by atoms with van der Waals surface area (Å²) in [4.78, 5) is 23.2. The maximum atomic E-state index is 13.4. The summed E-state index contributed by atoms with van der Waals surface area (Å²) >= 11 is 13.9. The number of anilines is 1. The van der Waals surface area contributed by atoms with Crippen LogP contribution in [0.2, 0.25) is 5.15 Å². The van der Waals surface area contributed by atoms with Crippen LogP contribution >= 0.6 is 23.2 Å². The Labute approximate surface area is 279 Å². The van der Waals surface area contributed by atoms with Crippen LogP contribution in [0.5, 0.6) is 5.75 Å². The molecule has 2 unspecified atom stereocenters. The number of halogens is 2. The number of ether oxygens (including phenoxy) is 1. The molecule has 0 saturated heterocycles. The number of fused-ring (bicyclic) bond motifs is 7. The number of para-hydroxylation sites is 1. The Balaban J connectivity index is 1.39. The van der Waals surface area contributed by atoms with E-state index in [4.69, 9.17) is 52.5 Å². The first-order valence-corrected chi connectivity index (χ1v) is 16.4. The average Bonchev–Trinajstić information content (AvgIpc) is 3.84. The van der Waals surface area contributed by atoms with Crippen molar-refractivity contribution in [2.24, 2.45) is 11.7 Å². The van der Waals surface area contributed by atoms with Crippen molar-refractivity contribution in [3.8, 4) is 28.5 Å². The van der Waals surface area contributed by atoms with Crippen LogP contribution in [0, 0.1) is 5.92 Å². The first kappa shape index (κ1) is 27.5. The fourth-order valence-corrected chi connectivity index (χ4v) is 8.64. The van der Waals surface area contributed by atoms with Crippen LogP contribution in [-0.2, 0) is 23.1 Å². The number of carbonyl (C=O) groups excluding carboxylic acids is 1. The van der Waals surface area contributed by atoms with Gasteiger partial charge in [0.1, 0.15) is 17.2 Å². The molecule has 2 aromatic heterocycles. The van der Waals surface area contributed by atoms with Crippen molar-refractivity contribution in [3.63, 3.8) is 0 Å². The fraction of sp³-hybridized carbons (Fsp3) is 0.250. The third-order valence-electron chi connectivity index (χ3n) is 10.2. The van der Waals surface area contributed by atoms with Crippen molar-refractivity contribution in [3.05, 3.63) is 110 Å². The van der Waals surface area contributed by atoms with Crippen molar-refractivity contribution in [1.29, 1.82) is 0 Å². The second-order valence-corrected chi connectivity index (χ2v) is 14.0. The van der Waals surface area contributed by atoms with Crippen LogP contribution in [0.15, 0.2) is 68.5 Å². The lowest BCUT2D eigenvalue weighted by Gasteiger charge is -2.28. The second kappa shape index (κ2) is 9.28. The minimum Gasteiger partial charge on any atom is -0.469 e. The molecule has 4 atom stereocenters. The van der Waals surface area contributed by atoms with Gasteiger partial charge in [0.05, 0.1) is 6.04 Å². The van der Waals surface area contributed by atoms with E-state index < -0.39 is 23.7 Å². The van der Waals surface area contributed by atoms with E-state index in [1.807, 2.05) is 32.0 Å². The molecule has 1 amide bonds. The summed E-state index contributed by atoms with van der Waals surface area (Å²) in [5.41, 5.74) is 14.2. The SMILES string of the molecule is CC(C)[C@@H]1NC(=O)C(N)Cc2ccc3c(c2)C24c5cccc(c5N[C@H]2O3)-c2cccc3c2C(=C(Cl)C3)c2oc(nc2Cl)-c2nc1oc24. The van der Waals surface area contributed by atoms with Crippen LogP contribution in [0.25, 0.3) is 28.3 Å². The molecule has 1 aliphatic carbocycles. The number of oxazole rings is 2. The van der Waals surface area contributed by atoms with E-state index in [1.54, 1.807) is 0 Å². The number of benzene rings is 3. The van der Waals surface area contributed by atoms with E-state index >= 15 is 0 Å². The zero-order valence-electron chi connectivity index (χ0n) is 25.3. The maximum Gasteiger partial charge on any atom is 0.250 e. The number of hydrogen-bond donors (Lipinski definition) is 3. The Morgan fingerprint density at radius 1 is 1.00 bits per heavy atom. The number of amides is 1. The lowest BCUT2D eigenvalue weighted by Crippen LogP contribution is -2.45. The molecule has 10 rings (SSSR count). The molecule has 4 aliphatic heterocycles. The number of aromatic nitrogens is 2. The van der Waals surface area contributed by atoms with E-state index in [-0.39, 0.29) is 22.9 Å². The van der Waals surface area contributed by atoms with Gasteiger partial charge in [-0.25, -0.2) is 4.98 Å². The molecule has 5 aromatic rings. The highest BCUT2D eigenvalue weighted by molar-refractivity contribution is 6.36. The predicted octanol–water partition coefficient (Wildman–Crippen LogP) is 6.69. The van der Waals surface area contributed by atoms with Gasteiger partial charge in [-0.2, -0.15) is 4.98 Å². The summed E-state index contributed by atoms with van der Waals surface area (Å²) in [6.07, 6.45) is 0.278. The summed E-state index contributed by atoms with van der Waals surface area (Å²) in [5, 5.41) is 7.65. The van der Waals surface area contributed by atoms with Gasteiger partial charge >= 0.3 is 0 Å². The minimum atomic E-state index is -1.01. The van der Waals surface area contributed by atoms with Gasteiger partial charge in [-0.05, 0) is 40.7 Å². The van der Waals surface area contributed by atoms with Crippen molar-refractivity contribution in [1.82, 2.24) is 15.3 Å². The molecule has 234 valence electrons. The van der Waals surface area contributed by atoms with Crippen molar-refractivity contribution < 1.29 is 18.4 Å². The monoisotopic (exact) mass is 663 g/mol. The summed E-state index contributed by atoms with van der Waals surface area (Å²) in [5.74, 6) is 1.65. The largest absolute Gasteiger partial charge is 0.469 e. The van der Waals surface area contributed by atoms with Crippen LogP contribution < -0.4 is 21.1 Å². The van der Waals surface area contributed by atoms with Gasteiger partial charge in [-0.1, -0.05) is 85.6 Å². The van der Waals surface area contributed by atoms with E-state index in [1.165, 1.54) is 0 Å². The Bertz CT molecular complexity index is 2270. The van der Waals surface area contributed by atoms with Crippen LogP contribution in [0.4, 0.5) is 5.69 Å². The zero-order valence-corrected chi connectivity index (χ0v) is 26.8. The number of nitrogens with one attached hydrogen (secondary N) is 2. The lowest BCUT2D eigenvalue weighted by atomic mass is 9.72. The normalized spacial score (nSPS) is 24.2. The summed E-state index contributed by atoms with van der Waals surface area (Å²) in [6.45, 7) is 3.99. The molecule has 1 spiro atoms. The maximum absolute atomic E-state index is 13.4. The topological polar surface area (TPSA) is 128 Å². The highest BCUT2D eigenvalue weighted by atomic mass is 35.5. The van der Waals surface area contributed by atoms with E-state index in [9.17, 15) is 4.79 Å². The molecule has 0 saturated carbocycles. The van der Waals surface area contributed by atoms with Crippen LogP contribution in [-0.4, -0.2) is 28.1 Å². The number of rotatable bonds is 1. The molecule has 10 bridgehead atoms. The quantitative estimate of drug-likeness (QED) is 0.181. The highest BCUT2D eigenvalue weighted by Crippen LogP contribution is 2.62. The Hall–Kier alpha value is -4.57. The molecule has 11 heteroatoms. The van der Waals surface area contributed by atoms with Gasteiger partial charge in [-0.15, -0.1) is 0 Å². The zero-order chi connectivity index (χ0) is 31.9. The predicted molar refractivity (Wildman–Crippen MR) is 176 cm³/mol. The molecule has 9 nitrogen and oxygen atoms in total. The van der Waals surface area contributed by atoms with Crippen molar-refractivity contribution in [2.75, 3.05) is 5.32 Å². The van der Waals surface area contributed by atoms with E-state index in [0.717, 1.165) is 44.6 Å². The Morgan fingerprint density at radius 2 is 1.83 bits per heavy atom. The first-order valence-electron chi connectivity index (χ1n) is 15.7. The first-order chi connectivity index (χ1) is 22.7. The molecule has 6 heterocycles. The summed E-state index contributed by atoms with van der Waals surface area (Å²) in [7, 11) is 0. The molecule has 47 heavy (non-hydrogen) atoms. The molecular weight excluding hydrogens is 637 g/mol. The summed E-state index contributed by atoms with van der Waals surface area (Å²) in [6, 6.07) is 17.1. The van der Waals surface area contributed by atoms with Crippen molar-refractivity contribution >= 4 is 40.4 Å². The van der Waals surface area contributed by atoms with Crippen molar-refractivity contribution in [2.45, 2.75) is 50.4 Å². The van der Waals surface area contributed by atoms with Gasteiger partial charge in [0.2, 0.25) is 11.8 Å². The smallest absolute Gasteiger partial charge is 0.250 e. The Morgan fingerprint density at radius 3 is 2.68 bits per heavy atom. The molecule has 5 aliphatic rings. The molecule has 4 N–H and O–H groups in total. The molecule has 3 aromatic carbocycles. The lowest BCUT2D eigenvalue weighted by molar-refractivity contribution is -0.123. The number of carbonyl (C=O) groups is 1. The van der Waals surface area contributed by atoms with Gasteiger partial charge in [-0.3, -0.25) is 4.79 Å². The number of allylic oxidation sites excluding steroid dienone is 1. The van der Waals surface area contributed by atoms with Crippen LogP contribution in [0.3, 0.4) is 0 Å². The highest BCUT2D eigenvalue weighted by Gasteiger charge is 2.61. The van der Waals surface area contributed by atoms with Crippen LogP contribution in [0.1, 0.15) is 65.1 Å². The minimum absolute atomic E-state index is 0.0864. The number of nitrogens with zero attached hydrogens (tertiary/aromatic N) is 2. The third-order valence-corrected chi connectivity index (χ3v) is 10.8. The summed E-state index contributed by atoms with van der Waals surface area (Å²) < 4.78 is 20.3. The second-order valence-electron chi connectivity index (χ2n) is 13.2. The van der Waals surface area contributed by atoms with E-state index in [0.29, 0.717) is 52.3 Å².